The number of aliphatic hydroxyl groups is 1. The van der Waals surface area contributed by atoms with E-state index in [4.69, 9.17) is 4.74 Å². The Balaban J connectivity index is 1.99. The lowest BCUT2D eigenvalue weighted by molar-refractivity contribution is -0.0653. The van der Waals surface area contributed by atoms with E-state index in [0.717, 1.165) is 22.2 Å². The predicted octanol–water partition coefficient (Wildman–Crippen LogP) is 2.62. The van der Waals surface area contributed by atoms with Crippen LogP contribution in [0.3, 0.4) is 0 Å². The van der Waals surface area contributed by atoms with Crippen molar-refractivity contribution in [2.75, 3.05) is 7.11 Å². The smallest absolute Gasteiger partial charge is 0.182 e. The van der Waals surface area contributed by atoms with E-state index in [1.807, 2.05) is 55.5 Å². The molecule has 0 fully saturated rings. The van der Waals surface area contributed by atoms with Crippen LogP contribution in [0.4, 0.5) is 0 Å². The molecule has 3 aromatic rings. The summed E-state index contributed by atoms with van der Waals surface area (Å²) in [6.45, 7) is 2.01. The molecule has 108 valence electrons. The van der Waals surface area contributed by atoms with Crippen molar-refractivity contribution in [2.24, 2.45) is 0 Å². The first-order valence-corrected chi connectivity index (χ1v) is 6.78. The Morgan fingerprint density at radius 3 is 2.52 bits per heavy atom. The summed E-state index contributed by atoms with van der Waals surface area (Å²) in [5.41, 5.74) is 3.53. The zero-order valence-electron chi connectivity index (χ0n) is 12.0. The van der Waals surface area contributed by atoms with Gasteiger partial charge in [-0.3, -0.25) is 0 Å². The van der Waals surface area contributed by atoms with Gasteiger partial charge in [0.15, 0.2) is 6.23 Å². The van der Waals surface area contributed by atoms with Gasteiger partial charge in [0.05, 0.1) is 5.52 Å². The largest absolute Gasteiger partial charge is 0.384 e. The number of para-hydroxylation sites is 1. The standard InChI is InChI=1S/C16H17N3O2/c1-11-7-9-12(10-8-11)15(20)16(21-2)19-14-6-4-3-5-13(14)17-18-19/h3-10,15-16,20H,1-2H3. The first-order valence-electron chi connectivity index (χ1n) is 6.78. The Bertz CT molecular complexity index is 737. The first kappa shape index (κ1) is 13.7. The molecule has 1 aromatic heterocycles. The molecule has 2 unspecified atom stereocenters. The van der Waals surface area contributed by atoms with Crippen LogP contribution in [0.1, 0.15) is 23.5 Å². The number of hydrogen-bond acceptors (Lipinski definition) is 4. The van der Waals surface area contributed by atoms with Crippen molar-refractivity contribution in [3.63, 3.8) is 0 Å². The molecule has 0 saturated carbocycles. The molecular weight excluding hydrogens is 266 g/mol. The minimum atomic E-state index is -0.819. The van der Waals surface area contributed by atoms with Crippen molar-refractivity contribution < 1.29 is 9.84 Å². The summed E-state index contributed by atoms with van der Waals surface area (Å²) in [6, 6.07) is 15.3. The number of rotatable bonds is 4. The highest BCUT2D eigenvalue weighted by Crippen LogP contribution is 2.28. The van der Waals surface area contributed by atoms with Crippen molar-refractivity contribution in [2.45, 2.75) is 19.3 Å². The molecule has 0 spiro atoms. The second-order valence-electron chi connectivity index (χ2n) is 5.00. The lowest BCUT2D eigenvalue weighted by Gasteiger charge is -2.22. The number of fused-ring (bicyclic) bond motifs is 1. The molecule has 0 saturated heterocycles. The second kappa shape index (κ2) is 5.63. The quantitative estimate of drug-likeness (QED) is 0.799. The fourth-order valence-electron chi connectivity index (χ4n) is 2.37. The first-order chi connectivity index (χ1) is 10.2. The molecule has 1 N–H and O–H groups in total. The third-order valence-electron chi connectivity index (χ3n) is 3.55. The maximum Gasteiger partial charge on any atom is 0.182 e. The van der Waals surface area contributed by atoms with E-state index in [0.29, 0.717) is 0 Å². The van der Waals surface area contributed by atoms with Gasteiger partial charge in [-0.15, -0.1) is 5.10 Å². The van der Waals surface area contributed by atoms with Crippen molar-refractivity contribution in [1.29, 1.82) is 0 Å². The Hall–Kier alpha value is -2.24. The van der Waals surface area contributed by atoms with Gasteiger partial charge in [-0.1, -0.05) is 47.2 Å². The third-order valence-corrected chi connectivity index (χ3v) is 3.55. The Kier molecular flexibility index (Phi) is 3.68. The van der Waals surface area contributed by atoms with Crippen molar-refractivity contribution in [1.82, 2.24) is 15.0 Å². The van der Waals surface area contributed by atoms with Crippen LogP contribution in [0, 0.1) is 6.92 Å². The average molecular weight is 283 g/mol. The molecule has 5 nitrogen and oxygen atoms in total. The number of nitrogens with zero attached hydrogens (tertiary/aromatic N) is 3. The van der Waals surface area contributed by atoms with Crippen LogP contribution in [-0.4, -0.2) is 27.2 Å². The van der Waals surface area contributed by atoms with Crippen LogP contribution in [-0.2, 0) is 4.74 Å². The third kappa shape index (κ3) is 2.53. The molecule has 1 heterocycles. The monoisotopic (exact) mass is 283 g/mol. The van der Waals surface area contributed by atoms with Crippen molar-refractivity contribution in [3.05, 3.63) is 59.7 Å². The van der Waals surface area contributed by atoms with Gasteiger partial charge in [0, 0.05) is 7.11 Å². The molecule has 0 amide bonds. The predicted molar refractivity (Wildman–Crippen MR) is 79.7 cm³/mol. The summed E-state index contributed by atoms with van der Waals surface area (Å²) in [5.74, 6) is 0. The zero-order chi connectivity index (χ0) is 14.8. The normalized spacial score (nSPS) is 14.2. The maximum atomic E-state index is 10.6. The Morgan fingerprint density at radius 1 is 1.10 bits per heavy atom. The van der Waals surface area contributed by atoms with Gasteiger partial charge in [-0.2, -0.15) is 0 Å². The minimum Gasteiger partial charge on any atom is -0.384 e. The molecule has 0 aliphatic carbocycles. The van der Waals surface area contributed by atoms with Crippen LogP contribution in [0.15, 0.2) is 48.5 Å². The molecular formula is C16H17N3O2. The van der Waals surface area contributed by atoms with Gasteiger partial charge < -0.3 is 9.84 Å². The summed E-state index contributed by atoms with van der Waals surface area (Å²) < 4.78 is 7.07. The zero-order valence-corrected chi connectivity index (χ0v) is 12.0. The van der Waals surface area contributed by atoms with Crippen LogP contribution in [0.25, 0.3) is 11.0 Å². The second-order valence-corrected chi connectivity index (χ2v) is 5.00. The van der Waals surface area contributed by atoms with Crippen molar-refractivity contribution in [3.8, 4) is 0 Å². The van der Waals surface area contributed by atoms with E-state index < -0.39 is 12.3 Å². The van der Waals surface area contributed by atoms with Gasteiger partial charge in [0.1, 0.15) is 11.6 Å². The van der Waals surface area contributed by atoms with Gasteiger partial charge in [-0.05, 0) is 24.6 Å². The van der Waals surface area contributed by atoms with E-state index in [1.54, 1.807) is 11.8 Å². The molecule has 0 aliphatic rings. The molecule has 0 radical (unpaired) electrons. The van der Waals surface area contributed by atoms with Gasteiger partial charge in [0.2, 0.25) is 0 Å². The number of ether oxygens (including phenoxy) is 1. The number of benzene rings is 2. The van der Waals surface area contributed by atoms with Crippen LogP contribution in [0.5, 0.6) is 0 Å². The molecule has 0 bridgehead atoms. The van der Waals surface area contributed by atoms with Crippen LogP contribution < -0.4 is 0 Å². The number of hydrogen-bond donors (Lipinski definition) is 1. The van der Waals surface area contributed by atoms with Gasteiger partial charge >= 0.3 is 0 Å². The summed E-state index contributed by atoms with van der Waals surface area (Å²) in [5, 5.41) is 18.8. The summed E-state index contributed by atoms with van der Waals surface area (Å²) >= 11 is 0. The molecule has 3 rings (SSSR count). The number of aliphatic hydroxyl groups excluding tert-OH is 1. The molecule has 21 heavy (non-hydrogen) atoms. The molecule has 0 aliphatic heterocycles. The summed E-state index contributed by atoms with van der Waals surface area (Å²) in [4.78, 5) is 0. The Labute approximate surface area is 122 Å². The highest BCUT2D eigenvalue weighted by molar-refractivity contribution is 5.73. The maximum absolute atomic E-state index is 10.6. The van der Waals surface area contributed by atoms with Crippen LogP contribution >= 0.6 is 0 Å². The van der Waals surface area contributed by atoms with Crippen LogP contribution in [0.2, 0.25) is 0 Å². The van der Waals surface area contributed by atoms with E-state index in [1.165, 1.54) is 0 Å². The minimum absolute atomic E-state index is 0.625. The average Bonchev–Trinajstić information content (AvgIpc) is 2.93. The van der Waals surface area contributed by atoms with E-state index >= 15 is 0 Å². The molecule has 5 heteroatoms. The van der Waals surface area contributed by atoms with Gasteiger partial charge in [-0.25, -0.2) is 4.68 Å². The Morgan fingerprint density at radius 2 is 1.81 bits per heavy atom. The van der Waals surface area contributed by atoms with E-state index in [2.05, 4.69) is 10.3 Å². The fraction of sp³-hybridized carbons (Fsp3) is 0.250. The lowest BCUT2D eigenvalue weighted by atomic mass is 10.1. The highest BCUT2D eigenvalue weighted by atomic mass is 16.5. The SMILES string of the molecule is COC(C(O)c1ccc(C)cc1)n1nnc2ccccc21. The lowest BCUT2D eigenvalue weighted by Crippen LogP contribution is -2.21. The number of methoxy groups -OCH3 is 1. The summed E-state index contributed by atoms with van der Waals surface area (Å²) in [7, 11) is 1.55. The fourth-order valence-corrected chi connectivity index (χ4v) is 2.37. The number of aryl methyl sites for hydroxylation is 1. The molecule has 2 atom stereocenters. The summed E-state index contributed by atoms with van der Waals surface area (Å²) in [6.07, 6.45) is -1.44. The number of aromatic nitrogens is 3. The van der Waals surface area contributed by atoms with E-state index in [9.17, 15) is 5.11 Å². The van der Waals surface area contributed by atoms with Crippen molar-refractivity contribution >= 4 is 11.0 Å². The highest BCUT2D eigenvalue weighted by Gasteiger charge is 2.25. The van der Waals surface area contributed by atoms with E-state index in [-0.39, 0.29) is 0 Å². The van der Waals surface area contributed by atoms with Gasteiger partial charge in [0.25, 0.3) is 0 Å². The topological polar surface area (TPSA) is 60.2 Å². The molecule has 2 aromatic carbocycles.